The molecule has 2 amide bonds. The SMILES string of the molecule is Cl.Cl.NC1(C(=O)N2CC[C@@H]3[C@@H](CCC(=O)N3CC3CCNCC3)C2)CCC1. The van der Waals surface area contributed by atoms with Gasteiger partial charge in [0, 0.05) is 32.1 Å². The molecule has 8 heteroatoms. The smallest absolute Gasteiger partial charge is 0.242 e. The molecule has 1 saturated carbocycles. The topological polar surface area (TPSA) is 78.7 Å². The minimum Gasteiger partial charge on any atom is -0.341 e. The maximum absolute atomic E-state index is 12.8. The number of carbonyl (C=O) groups excluding carboxylic acids is 2. The Kier molecular flexibility index (Phi) is 7.82. The van der Waals surface area contributed by atoms with E-state index in [0.717, 1.165) is 64.8 Å². The largest absolute Gasteiger partial charge is 0.341 e. The lowest BCUT2D eigenvalue weighted by Gasteiger charge is -2.50. The Labute approximate surface area is 174 Å². The van der Waals surface area contributed by atoms with Gasteiger partial charge in [0.05, 0.1) is 5.54 Å². The molecule has 0 unspecified atom stereocenters. The van der Waals surface area contributed by atoms with Crippen molar-refractivity contribution in [2.45, 2.75) is 62.9 Å². The summed E-state index contributed by atoms with van der Waals surface area (Å²) in [7, 11) is 0. The summed E-state index contributed by atoms with van der Waals surface area (Å²) in [6, 6.07) is 0.329. The van der Waals surface area contributed by atoms with E-state index in [1.165, 1.54) is 12.8 Å². The molecule has 1 aliphatic carbocycles. The molecule has 0 radical (unpaired) electrons. The fourth-order valence-electron chi connectivity index (χ4n) is 5.20. The van der Waals surface area contributed by atoms with Gasteiger partial charge in [0.25, 0.3) is 0 Å². The number of hydrogen-bond acceptors (Lipinski definition) is 4. The summed E-state index contributed by atoms with van der Waals surface area (Å²) in [5.41, 5.74) is 5.67. The number of nitrogens with one attached hydrogen (secondary N) is 1. The fourth-order valence-corrected chi connectivity index (χ4v) is 5.20. The number of fused-ring (bicyclic) bond motifs is 1. The summed E-state index contributed by atoms with van der Waals surface area (Å²) in [5, 5.41) is 3.40. The number of hydrogen-bond donors (Lipinski definition) is 2. The van der Waals surface area contributed by atoms with E-state index in [-0.39, 0.29) is 30.7 Å². The lowest BCUT2D eigenvalue weighted by Crippen LogP contribution is -2.64. The highest BCUT2D eigenvalue weighted by Crippen LogP contribution is 2.36. The standard InChI is InChI=1S/C19H32N4O2.2ClH/c20-19(7-1-8-19)18(25)22-11-6-16-15(13-22)2-3-17(24)23(16)12-14-4-9-21-10-5-14;;/h14-16,21H,1-13,20H2;2*1H/t15-,16+;;/m0../s1. The monoisotopic (exact) mass is 420 g/mol. The second-order valence-corrected chi connectivity index (χ2v) is 8.66. The van der Waals surface area contributed by atoms with Crippen LogP contribution in [0.3, 0.4) is 0 Å². The number of nitrogens with zero attached hydrogens (tertiary/aromatic N) is 2. The summed E-state index contributed by atoms with van der Waals surface area (Å²) in [6.45, 7) is 4.60. The van der Waals surface area contributed by atoms with Gasteiger partial charge in [-0.1, -0.05) is 0 Å². The lowest BCUT2D eigenvalue weighted by molar-refractivity contribution is -0.149. The molecule has 156 valence electrons. The minimum absolute atomic E-state index is 0. The van der Waals surface area contributed by atoms with Crippen LogP contribution in [0.25, 0.3) is 0 Å². The number of piperidine rings is 3. The first-order valence-electron chi connectivity index (χ1n) is 10.2. The van der Waals surface area contributed by atoms with E-state index in [0.29, 0.717) is 30.2 Å². The van der Waals surface area contributed by atoms with Crippen molar-refractivity contribution >= 4 is 36.6 Å². The average molecular weight is 421 g/mol. The predicted molar refractivity (Wildman–Crippen MR) is 110 cm³/mol. The Bertz CT molecular complexity index is 538. The molecule has 4 rings (SSSR count). The first-order valence-corrected chi connectivity index (χ1v) is 10.2. The Hall–Kier alpha value is -0.560. The van der Waals surface area contributed by atoms with Gasteiger partial charge in [-0.3, -0.25) is 9.59 Å². The molecular weight excluding hydrogens is 387 g/mol. The van der Waals surface area contributed by atoms with Crippen LogP contribution in [0.4, 0.5) is 0 Å². The molecule has 3 saturated heterocycles. The number of halogens is 2. The number of rotatable bonds is 3. The maximum Gasteiger partial charge on any atom is 0.242 e. The predicted octanol–water partition coefficient (Wildman–Crippen LogP) is 1.55. The molecule has 27 heavy (non-hydrogen) atoms. The zero-order valence-corrected chi connectivity index (χ0v) is 17.7. The van der Waals surface area contributed by atoms with Gasteiger partial charge in [0.15, 0.2) is 0 Å². The molecule has 0 spiro atoms. The maximum atomic E-state index is 12.8. The Morgan fingerprint density at radius 1 is 1.15 bits per heavy atom. The van der Waals surface area contributed by atoms with E-state index in [9.17, 15) is 9.59 Å². The molecule has 0 aromatic heterocycles. The van der Waals surface area contributed by atoms with E-state index >= 15 is 0 Å². The van der Waals surface area contributed by atoms with E-state index in [1.54, 1.807) is 0 Å². The van der Waals surface area contributed by atoms with Crippen LogP contribution in [0.15, 0.2) is 0 Å². The van der Waals surface area contributed by atoms with Crippen LogP contribution in [-0.2, 0) is 9.59 Å². The summed E-state index contributed by atoms with van der Waals surface area (Å²) < 4.78 is 0. The van der Waals surface area contributed by atoms with Crippen molar-refractivity contribution < 1.29 is 9.59 Å². The van der Waals surface area contributed by atoms with Gasteiger partial charge in [-0.05, 0) is 69.9 Å². The normalized spacial score (nSPS) is 30.5. The molecule has 0 aromatic rings. The quantitative estimate of drug-likeness (QED) is 0.725. The van der Waals surface area contributed by atoms with Crippen molar-refractivity contribution in [2.24, 2.45) is 17.6 Å². The van der Waals surface area contributed by atoms with E-state index in [4.69, 9.17) is 5.73 Å². The molecular formula is C19H34Cl2N4O2. The summed E-state index contributed by atoms with van der Waals surface area (Å²) in [4.78, 5) is 29.5. The van der Waals surface area contributed by atoms with Crippen LogP contribution >= 0.6 is 24.8 Å². The van der Waals surface area contributed by atoms with Crippen LogP contribution < -0.4 is 11.1 Å². The van der Waals surface area contributed by atoms with Gasteiger partial charge >= 0.3 is 0 Å². The third kappa shape index (κ3) is 4.55. The molecule has 0 aromatic carbocycles. The number of carbonyl (C=O) groups is 2. The zero-order valence-electron chi connectivity index (χ0n) is 16.0. The molecule has 3 aliphatic heterocycles. The highest BCUT2D eigenvalue weighted by molar-refractivity contribution is 5.87. The highest BCUT2D eigenvalue weighted by Gasteiger charge is 2.46. The van der Waals surface area contributed by atoms with Crippen LogP contribution in [0, 0.1) is 11.8 Å². The van der Waals surface area contributed by atoms with Crippen molar-refractivity contribution in [2.75, 3.05) is 32.7 Å². The van der Waals surface area contributed by atoms with Crippen LogP contribution in [0.5, 0.6) is 0 Å². The van der Waals surface area contributed by atoms with Crippen molar-refractivity contribution in [3.63, 3.8) is 0 Å². The molecule has 6 nitrogen and oxygen atoms in total. The van der Waals surface area contributed by atoms with Crippen molar-refractivity contribution in [1.29, 1.82) is 0 Å². The summed E-state index contributed by atoms with van der Waals surface area (Å²) >= 11 is 0. The van der Waals surface area contributed by atoms with Gasteiger partial charge in [-0.25, -0.2) is 0 Å². The van der Waals surface area contributed by atoms with Crippen molar-refractivity contribution in [1.82, 2.24) is 15.1 Å². The van der Waals surface area contributed by atoms with E-state index in [2.05, 4.69) is 10.2 Å². The third-order valence-corrected chi connectivity index (χ3v) is 7.02. The lowest BCUT2D eigenvalue weighted by atomic mass is 9.75. The summed E-state index contributed by atoms with van der Waals surface area (Å²) in [5.74, 6) is 1.54. The molecule has 4 aliphatic rings. The van der Waals surface area contributed by atoms with Crippen molar-refractivity contribution in [3.8, 4) is 0 Å². The number of likely N-dealkylation sites (tertiary alicyclic amines) is 2. The van der Waals surface area contributed by atoms with Gasteiger partial charge < -0.3 is 20.9 Å². The highest BCUT2D eigenvalue weighted by atomic mass is 35.5. The van der Waals surface area contributed by atoms with Crippen LogP contribution in [0.1, 0.15) is 51.4 Å². The van der Waals surface area contributed by atoms with Gasteiger partial charge in [0.2, 0.25) is 11.8 Å². The number of nitrogens with two attached hydrogens (primary N) is 1. The fraction of sp³-hybridized carbons (Fsp3) is 0.895. The van der Waals surface area contributed by atoms with E-state index in [1.807, 2.05) is 4.90 Å². The Balaban J connectivity index is 0.00000131. The van der Waals surface area contributed by atoms with Crippen LogP contribution in [-0.4, -0.2) is 65.9 Å². The molecule has 0 bridgehead atoms. The van der Waals surface area contributed by atoms with E-state index < -0.39 is 5.54 Å². The van der Waals surface area contributed by atoms with Gasteiger partial charge in [0.1, 0.15) is 0 Å². The first kappa shape index (κ1) is 22.7. The number of amides is 2. The second kappa shape index (κ2) is 9.29. The Morgan fingerprint density at radius 3 is 2.48 bits per heavy atom. The zero-order chi connectivity index (χ0) is 17.4. The molecule has 4 fully saturated rings. The Morgan fingerprint density at radius 2 is 1.85 bits per heavy atom. The summed E-state index contributed by atoms with van der Waals surface area (Å²) in [6.07, 6.45) is 7.55. The van der Waals surface area contributed by atoms with Crippen molar-refractivity contribution in [3.05, 3.63) is 0 Å². The second-order valence-electron chi connectivity index (χ2n) is 8.66. The average Bonchev–Trinajstić information content (AvgIpc) is 2.62. The molecule has 3 N–H and O–H groups in total. The van der Waals surface area contributed by atoms with Crippen LogP contribution in [0.2, 0.25) is 0 Å². The third-order valence-electron chi connectivity index (χ3n) is 7.02. The minimum atomic E-state index is -0.591. The first-order chi connectivity index (χ1) is 12.1. The van der Waals surface area contributed by atoms with Gasteiger partial charge in [-0.15, -0.1) is 24.8 Å². The molecule has 3 heterocycles. The van der Waals surface area contributed by atoms with Gasteiger partial charge in [-0.2, -0.15) is 0 Å². The molecule has 2 atom stereocenters.